The van der Waals surface area contributed by atoms with Gasteiger partial charge in [0.15, 0.2) is 0 Å². The van der Waals surface area contributed by atoms with Crippen molar-refractivity contribution in [2.75, 3.05) is 6.61 Å². The third kappa shape index (κ3) is 2.81. The number of aryl methyl sites for hydroxylation is 1. The summed E-state index contributed by atoms with van der Waals surface area (Å²) in [5.41, 5.74) is 6.56. The molecule has 1 aromatic carbocycles. The predicted octanol–water partition coefficient (Wildman–Crippen LogP) is 0.725. The first-order valence-electron chi connectivity index (χ1n) is 5.84. The van der Waals surface area contributed by atoms with Crippen molar-refractivity contribution in [1.29, 1.82) is 0 Å². The number of nitrogens with two attached hydrogens (primary N) is 1. The molecule has 0 fully saturated rings. The van der Waals surface area contributed by atoms with E-state index in [0.717, 1.165) is 11.3 Å². The molecule has 0 aliphatic rings. The van der Waals surface area contributed by atoms with E-state index < -0.39 is 0 Å². The molecular weight excluding hydrogens is 230 g/mol. The highest BCUT2D eigenvalue weighted by Gasteiger charge is 2.00. The summed E-state index contributed by atoms with van der Waals surface area (Å²) in [6.07, 6.45) is 3.49. The van der Waals surface area contributed by atoms with Gasteiger partial charge < -0.3 is 15.0 Å². The summed E-state index contributed by atoms with van der Waals surface area (Å²) in [5.74, 6) is 0.780. The summed E-state index contributed by atoms with van der Waals surface area (Å²) in [6.45, 7) is 1.49. The van der Waals surface area contributed by atoms with Crippen LogP contribution in [0.5, 0.6) is 5.75 Å². The van der Waals surface area contributed by atoms with Crippen molar-refractivity contribution in [1.82, 2.24) is 9.13 Å². The Morgan fingerprint density at radius 3 is 2.83 bits per heavy atom. The predicted molar refractivity (Wildman–Crippen MR) is 69.5 cm³/mol. The summed E-state index contributed by atoms with van der Waals surface area (Å²) in [7, 11) is 1.73. The van der Waals surface area contributed by atoms with Gasteiger partial charge in [-0.2, -0.15) is 0 Å². The lowest BCUT2D eigenvalue weighted by Crippen LogP contribution is -2.24. The normalized spacial score (nSPS) is 10.6. The van der Waals surface area contributed by atoms with Gasteiger partial charge in [-0.3, -0.25) is 4.57 Å². The van der Waals surface area contributed by atoms with Crippen molar-refractivity contribution in [3.8, 4) is 5.75 Å². The highest BCUT2D eigenvalue weighted by Crippen LogP contribution is 2.12. The van der Waals surface area contributed by atoms with Crippen molar-refractivity contribution in [3.63, 3.8) is 0 Å². The van der Waals surface area contributed by atoms with Gasteiger partial charge in [0, 0.05) is 26.0 Å². The fourth-order valence-electron chi connectivity index (χ4n) is 1.70. The van der Waals surface area contributed by atoms with E-state index in [2.05, 4.69) is 0 Å². The number of aromatic nitrogens is 2. The number of ether oxygens (including phenoxy) is 1. The van der Waals surface area contributed by atoms with Gasteiger partial charge >= 0.3 is 5.69 Å². The number of hydrogen-bond donors (Lipinski definition) is 1. The zero-order valence-corrected chi connectivity index (χ0v) is 10.4. The Balaban J connectivity index is 1.92. The van der Waals surface area contributed by atoms with Gasteiger partial charge in [-0.25, -0.2) is 4.79 Å². The Labute approximate surface area is 105 Å². The lowest BCUT2D eigenvalue weighted by molar-refractivity contribution is 0.296. The lowest BCUT2D eigenvalue weighted by Gasteiger charge is -2.07. The van der Waals surface area contributed by atoms with Gasteiger partial charge in [0.05, 0.1) is 6.54 Å². The third-order valence-electron chi connectivity index (χ3n) is 2.75. The number of imidazole rings is 1. The largest absolute Gasteiger partial charge is 0.492 e. The number of nitrogens with zero attached hydrogens (tertiary/aromatic N) is 2. The second-order valence-electron chi connectivity index (χ2n) is 4.09. The fraction of sp³-hybridized carbons (Fsp3) is 0.308. The Morgan fingerprint density at radius 2 is 2.17 bits per heavy atom. The van der Waals surface area contributed by atoms with E-state index in [1.807, 2.05) is 24.3 Å². The molecule has 0 radical (unpaired) electrons. The van der Waals surface area contributed by atoms with Crippen LogP contribution in [0.25, 0.3) is 0 Å². The molecule has 0 spiro atoms. The molecule has 2 rings (SSSR count). The van der Waals surface area contributed by atoms with Crippen LogP contribution >= 0.6 is 0 Å². The average molecular weight is 247 g/mol. The van der Waals surface area contributed by atoms with Crippen LogP contribution in [0, 0.1) is 0 Å². The standard InChI is InChI=1S/C13H17N3O2/c1-15-5-6-16(13(15)17)7-8-18-12-4-2-3-11(9-12)10-14/h2-6,9H,7-8,10,14H2,1H3. The topological polar surface area (TPSA) is 62.2 Å². The molecule has 2 aromatic rings. The Hall–Kier alpha value is -2.01. The second-order valence-corrected chi connectivity index (χ2v) is 4.09. The second kappa shape index (κ2) is 5.55. The van der Waals surface area contributed by atoms with Crippen LogP contribution in [0.2, 0.25) is 0 Å². The molecule has 0 saturated carbocycles. The molecule has 1 aromatic heterocycles. The van der Waals surface area contributed by atoms with E-state index in [-0.39, 0.29) is 5.69 Å². The SMILES string of the molecule is Cn1ccn(CCOc2cccc(CN)c2)c1=O. The van der Waals surface area contributed by atoms with E-state index in [9.17, 15) is 4.79 Å². The van der Waals surface area contributed by atoms with Crippen LogP contribution in [0.1, 0.15) is 5.56 Å². The smallest absolute Gasteiger partial charge is 0.327 e. The van der Waals surface area contributed by atoms with E-state index in [0.29, 0.717) is 19.7 Å². The molecule has 0 aliphatic heterocycles. The van der Waals surface area contributed by atoms with Gasteiger partial charge in [0.1, 0.15) is 12.4 Å². The van der Waals surface area contributed by atoms with Gasteiger partial charge in [-0.05, 0) is 17.7 Å². The van der Waals surface area contributed by atoms with Crippen molar-refractivity contribution in [2.24, 2.45) is 12.8 Å². The number of benzene rings is 1. The molecule has 0 amide bonds. The average Bonchev–Trinajstić information content (AvgIpc) is 2.71. The maximum Gasteiger partial charge on any atom is 0.327 e. The maximum absolute atomic E-state index is 11.6. The zero-order valence-electron chi connectivity index (χ0n) is 10.4. The molecule has 5 heteroatoms. The highest BCUT2D eigenvalue weighted by molar-refractivity contribution is 5.28. The van der Waals surface area contributed by atoms with Crippen molar-refractivity contribution in [3.05, 3.63) is 52.7 Å². The lowest BCUT2D eigenvalue weighted by atomic mass is 10.2. The fourth-order valence-corrected chi connectivity index (χ4v) is 1.70. The molecule has 0 unspecified atom stereocenters. The van der Waals surface area contributed by atoms with Crippen molar-refractivity contribution >= 4 is 0 Å². The molecular formula is C13H17N3O2. The molecule has 2 N–H and O–H groups in total. The zero-order chi connectivity index (χ0) is 13.0. The summed E-state index contributed by atoms with van der Waals surface area (Å²) in [5, 5.41) is 0. The van der Waals surface area contributed by atoms with E-state index >= 15 is 0 Å². The Morgan fingerprint density at radius 1 is 1.33 bits per heavy atom. The highest BCUT2D eigenvalue weighted by atomic mass is 16.5. The maximum atomic E-state index is 11.6. The van der Waals surface area contributed by atoms with Gasteiger partial charge in [0.25, 0.3) is 0 Å². The van der Waals surface area contributed by atoms with Crippen LogP contribution < -0.4 is 16.2 Å². The van der Waals surface area contributed by atoms with Crippen LogP contribution in [0.15, 0.2) is 41.5 Å². The molecule has 0 saturated heterocycles. The molecule has 18 heavy (non-hydrogen) atoms. The molecule has 0 bridgehead atoms. The van der Waals surface area contributed by atoms with E-state index in [1.165, 1.54) is 4.57 Å². The van der Waals surface area contributed by atoms with Gasteiger partial charge in [0.2, 0.25) is 0 Å². The monoisotopic (exact) mass is 247 g/mol. The summed E-state index contributed by atoms with van der Waals surface area (Å²) in [4.78, 5) is 11.6. The van der Waals surface area contributed by atoms with Crippen LogP contribution in [-0.4, -0.2) is 15.7 Å². The quantitative estimate of drug-likeness (QED) is 0.847. The first-order chi connectivity index (χ1) is 8.70. The van der Waals surface area contributed by atoms with E-state index in [4.69, 9.17) is 10.5 Å². The van der Waals surface area contributed by atoms with Gasteiger partial charge in [-0.15, -0.1) is 0 Å². The summed E-state index contributed by atoms with van der Waals surface area (Å²) in [6, 6.07) is 7.65. The summed E-state index contributed by atoms with van der Waals surface area (Å²) >= 11 is 0. The van der Waals surface area contributed by atoms with E-state index in [1.54, 1.807) is 24.0 Å². The molecule has 96 valence electrons. The minimum atomic E-state index is -0.0330. The summed E-state index contributed by atoms with van der Waals surface area (Å²) < 4.78 is 8.75. The Bertz CT molecular complexity index is 572. The van der Waals surface area contributed by atoms with Crippen molar-refractivity contribution < 1.29 is 4.74 Å². The molecule has 1 heterocycles. The van der Waals surface area contributed by atoms with Crippen LogP contribution in [-0.2, 0) is 20.1 Å². The van der Waals surface area contributed by atoms with Gasteiger partial charge in [-0.1, -0.05) is 12.1 Å². The van der Waals surface area contributed by atoms with Crippen LogP contribution in [0.3, 0.4) is 0 Å². The molecule has 0 aliphatic carbocycles. The van der Waals surface area contributed by atoms with Crippen molar-refractivity contribution in [2.45, 2.75) is 13.1 Å². The molecule has 5 nitrogen and oxygen atoms in total. The Kier molecular flexibility index (Phi) is 3.84. The minimum absolute atomic E-state index is 0.0330. The van der Waals surface area contributed by atoms with Crippen LogP contribution in [0.4, 0.5) is 0 Å². The third-order valence-corrected chi connectivity index (χ3v) is 2.75. The minimum Gasteiger partial charge on any atom is -0.492 e. The first kappa shape index (κ1) is 12.4. The number of rotatable bonds is 5. The number of hydrogen-bond acceptors (Lipinski definition) is 3. The first-order valence-corrected chi connectivity index (χ1v) is 5.84. The molecule has 0 atom stereocenters.